The van der Waals surface area contributed by atoms with Gasteiger partial charge >= 0.3 is 0 Å². The van der Waals surface area contributed by atoms with Crippen molar-refractivity contribution in [2.75, 3.05) is 13.7 Å². The molecule has 3 heteroatoms. The largest absolute Gasteiger partial charge is 0.494 e. The lowest BCUT2D eigenvalue weighted by molar-refractivity contribution is 0.334. The van der Waals surface area contributed by atoms with Gasteiger partial charge in [-0.25, -0.2) is 0 Å². The predicted molar refractivity (Wildman–Crippen MR) is 87.4 cm³/mol. The van der Waals surface area contributed by atoms with Crippen LogP contribution >= 0.6 is 15.9 Å². The van der Waals surface area contributed by atoms with Crippen LogP contribution in [0.3, 0.4) is 0 Å². The lowest BCUT2D eigenvalue weighted by Crippen LogP contribution is -2.18. The van der Waals surface area contributed by atoms with Crippen molar-refractivity contribution < 1.29 is 4.74 Å². The number of nitrogens with one attached hydrogen (secondary N) is 1. The Morgan fingerprint density at radius 3 is 2.45 bits per heavy atom. The highest BCUT2D eigenvalue weighted by Crippen LogP contribution is 2.31. The molecule has 20 heavy (non-hydrogen) atoms. The fourth-order valence-corrected chi connectivity index (χ4v) is 2.60. The molecule has 1 N–H and O–H groups in total. The van der Waals surface area contributed by atoms with Gasteiger partial charge in [0.2, 0.25) is 0 Å². The van der Waals surface area contributed by atoms with Crippen LogP contribution in [0.15, 0.2) is 46.9 Å². The zero-order valence-corrected chi connectivity index (χ0v) is 13.7. The van der Waals surface area contributed by atoms with Crippen molar-refractivity contribution in [2.45, 2.75) is 19.9 Å². The van der Waals surface area contributed by atoms with E-state index >= 15 is 0 Å². The van der Waals surface area contributed by atoms with Crippen molar-refractivity contribution in [1.29, 1.82) is 0 Å². The number of hydrogen-bond acceptors (Lipinski definition) is 2. The number of ether oxygens (including phenoxy) is 1. The Kier molecular flexibility index (Phi) is 5.21. The summed E-state index contributed by atoms with van der Waals surface area (Å²) in [5.41, 5.74) is 3.64. The van der Waals surface area contributed by atoms with Gasteiger partial charge in [0, 0.05) is 10.0 Å². The second-order valence-corrected chi connectivity index (χ2v) is 5.66. The molecule has 2 rings (SSSR count). The van der Waals surface area contributed by atoms with Crippen molar-refractivity contribution >= 4 is 15.9 Å². The summed E-state index contributed by atoms with van der Waals surface area (Å²) in [6, 6.07) is 14.8. The molecule has 0 saturated heterocycles. The summed E-state index contributed by atoms with van der Waals surface area (Å²) in [5.74, 6) is 0.945. The molecule has 0 aliphatic carbocycles. The van der Waals surface area contributed by atoms with Crippen LogP contribution in [0.1, 0.15) is 29.7 Å². The standard InChI is InChI=1S/C17H20BrNO/c1-4-20-16-10-5-12(2)11-15(16)17(19-3)13-6-8-14(18)9-7-13/h5-11,17,19H,4H2,1-3H3. The average molecular weight is 334 g/mol. The number of rotatable bonds is 5. The van der Waals surface area contributed by atoms with E-state index in [0.717, 1.165) is 10.2 Å². The molecular weight excluding hydrogens is 314 g/mol. The first-order valence-electron chi connectivity index (χ1n) is 6.81. The van der Waals surface area contributed by atoms with Gasteiger partial charge in [-0.3, -0.25) is 0 Å². The third-order valence-corrected chi connectivity index (χ3v) is 3.80. The van der Waals surface area contributed by atoms with E-state index in [-0.39, 0.29) is 6.04 Å². The van der Waals surface area contributed by atoms with E-state index in [0.29, 0.717) is 6.61 Å². The molecule has 0 bridgehead atoms. The molecule has 0 saturated carbocycles. The zero-order chi connectivity index (χ0) is 14.5. The van der Waals surface area contributed by atoms with Crippen LogP contribution < -0.4 is 10.1 Å². The van der Waals surface area contributed by atoms with Crippen molar-refractivity contribution in [1.82, 2.24) is 5.32 Å². The second-order valence-electron chi connectivity index (χ2n) is 4.75. The summed E-state index contributed by atoms with van der Waals surface area (Å²) in [6.45, 7) is 4.79. The monoisotopic (exact) mass is 333 g/mol. The highest BCUT2D eigenvalue weighted by Gasteiger charge is 2.16. The first-order chi connectivity index (χ1) is 9.65. The fourth-order valence-electron chi connectivity index (χ4n) is 2.34. The van der Waals surface area contributed by atoms with Crippen LogP contribution in [0.2, 0.25) is 0 Å². The van der Waals surface area contributed by atoms with Crippen LogP contribution in [0.5, 0.6) is 5.75 Å². The minimum atomic E-state index is 0.129. The molecule has 1 unspecified atom stereocenters. The molecule has 2 nitrogen and oxygen atoms in total. The third kappa shape index (κ3) is 3.41. The minimum absolute atomic E-state index is 0.129. The average Bonchev–Trinajstić information content (AvgIpc) is 2.45. The molecule has 0 spiro atoms. The van der Waals surface area contributed by atoms with Crippen LogP contribution in [0, 0.1) is 6.92 Å². The minimum Gasteiger partial charge on any atom is -0.494 e. The molecule has 0 radical (unpaired) electrons. The zero-order valence-electron chi connectivity index (χ0n) is 12.1. The Labute approximate surface area is 129 Å². The molecule has 0 heterocycles. The Balaban J connectivity index is 2.45. The first-order valence-corrected chi connectivity index (χ1v) is 7.61. The molecular formula is C17H20BrNO. The van der Waals surface area contributed by atoms with E-state index in [9.17, 15) is 0 Å². The molecule has 0 amide bonds. The molecule has 0 aliphatic heterocycles. The van der Waals surface area contributed by atoms with Crippen LogP contribution in [0.25, 0.3) is 0 Å². The lowest BCUT2D eigenvalue weighted by atomic mass is 9.96. The highest BCUT2D eigenvalue weighted by molar-refractivity contribution is 9.10. The van der Waals surface area contributed by atoms with Crippen LogP contribution in [-0.4, -0.2) is 13.7 Å². The maximum Gasteiger partial charge on any atom is 0.124 e. The summed E-state index contributed by atoms with van der Waals surface area (Å²) in [7, 11) is 1.98. The number of hydrogen-bond donors (Lipinski definition) is 1. The Bertz CT molecular complexity index is 566. The van der Waals surface area contributed by atoms with Gasteiger partial charge in [-0.15, -0.1) is 0 Å². The van der Waals surface area contributed by atoms with E-state index < -0.39 is 0 Å². The number of halogens is 1. The van der Waals surface area contributed by atoms with Gasteiger partial charge in [-0.1, -0.05) is 45.8 Å². The van der Waals surface area contributed by atoms with E-state index in [1.165, 1.54) is 16.7 Å². The molecule has 2 aromatic carbocycles. The van der Waals surface area contributed by atoms with E-state index in [2.05, 4.69) is 70.6 Å². The van der Waals surface area contributed by atoms with Crippen LogP contribution in [0.4, 0.5) is 0 Å². The first kappa shape index (κ1) is 15.1. The van der Waals surface area contributed by atoms with E-state index in [1.807, 2.05) is 14.0 Å². The maximum absolute atomic E-state index is 5.77. The molecule has 0 aromatic heterocycles. The topological polar surface area (TPSA) is 21.3 Å². The molecule has 2 aromatic rings. The maximum atomic E-state index is 5.77. The van der Waals surface area contributed by atoms with Crippen molar-refractivity contribution in [2.24, 2.45) is 0 Å². The van der Waals surface area contributed by atoms with Crippen molar-refractivity contribution in [3.8, 4) is 5.75 Å². The van der Waals surface area contributed by atoms with E-state index in [1.54, 1.807) is 0 Å². The van der Waals surface area contributed by atoms with Gasteiger partial charge in [-0.05, 0) is 44.7 Å². The summed E-state index contributed by atoms with van der Waals surface area (Å²) < 4.78 is 6.86. The van der Waals surface area contributed by atoms with Gasteiger partial charge in [0.25, 0.3) is 0 Å². The smallest absolute Gasteiger partial charge is 0.124 e. The van der Waals surface area contributed by atoms with Gasteiger partial charge in [-0.2, -0.15) is 0 Å². The quantitative estimate of drug-likeness (QED) is 0.871. The van der Waals surface area contributed by atoms with Crippen molar-refractivity contribution in [3.63, 3.8) is 0 Å². The molecule has 0 aliphatic rings. The van der Waals surface area contributed by atoms with Gasteiger partial charge in [0.15, 0.2) is 0 Å². The summed E-state index contributed by atoms with van der Waals surface area (Å²) in [5, 5.41) is 3.38. The van der Waals surface area contributed by atoms with Crippen molar-refractivity contribution in [3.05, 3.63) is 63.6 Å². The summed E-state index contributed by atoms with van der Waals surface area (Å²) >= 11 is 3.48. The second kappa shape index (κ2) is 6.91. The van der Waals surface area contributed by atoms with Gasteiger partial charge in [0.1, 0.15) is 5.75 Å². The number of benzene rings is 2. The predicted octanol–water partition coefficient (Wildman–Crippen LogP) is 4.47. The van der Waals surface area contributed by atoms with Crippen LogP contribution in [-0.2, 0) is 0 Å². The normalized spacial score (nSPS) is 12.2. The lowest BCUT2D eigenvalue weighted by Gasteiger charge is -2.21. The summed E-state index contributed by atoms with van der Waals surface area (Å²) in [6.07, 6.45) is 0. The molecule has 0 fully saturated rings. The Hall–Kier alpha value is -1.32. The fraction of sp³-hybridized carbons (Fsp3) is 0.294. The number of aryl methyl sites for hydroxylation is 1. The van der Waals surface area contributed by atoms with Gasteiger partial charge in [0.05, 0.1) is 12.6 Å². The van der Waals surface area contributed by atoms with Gasteiger partial charge < -0.3 is 10.1 Å². The Morgan fingerprint density at radius 1 is 1.15 bits per heavy atom. The Morgan fingerprint density at radius 2 is 1.85 bits per heavy atom. The highest BCUT2D eigenvalue weighted by atomic mass is 79.9. The molecule has 106 valence electrons. The van der Waals surface area contributed by atoms with E-state index in [4.69, 9.17) is 4.74 Å². The third-order valence-electron chi connectivity index (χ3n) is 3.27. The molecule has 1 atom stereocenters. The summed E-state index contributed by atoms with van der Waals surface area (Å²) in [4.78, 5) is 0. The SMILES string of the molecule is CCOc1ccc(C)cc1C(NC)c1ccc(Br)cc1.